The molecule has 0 radical (unpaired) electrons. The second kappa shape index (κ2) is 26.7. The van der Waals surface area contributed by atoms with Gasteiger partial charge in [0.05, 0.1) is 19.6 Å². The zero-order valence-electron chi connectivity index (χ0n) is 36.7. The van der Waals surface area contributed by atoms with Crippen LogP contribution in [0.25, 0.3) is 32.7 Å². The Hall–Kier alpha value is -0.0166. The van der Waals surface area contributed by atoms with Crippen LogP contribution in [0.1, 0.15) is 0 Å². The van der Waals surface area contributed by atoms with Crippen LogP contribution in [0.4, 0.5) is 0 Å². The average Bonchev–Trinajstić information content (AvgIpc) is 3.26. The maximum atomic E-state index is 12.0. The van der Waals surface area contributed by atoms with Gasteiger partial charge in [0.2, 0.25) is 0 Å². The van der Waals surface area contributed by atoms with Crippen molar-refractivity contribution in [1.82, 2.24) is 0 Å². The molecule has 12 nitrogen and oxygen atoms in total. The first-order valence-electron chi connectivity index (χ1n) is 18.4. The van der Waals surface area contributed by atoms with Gasteiger partial charge in [-0.15, -0.1) is 0 Å². The van der Waals surface area contributed by atoms with Gasteiger partial charge < -0.3 is 18.2 Å². The van der Waals surface area contributed by atoms with Gasteiger partial charge >= 0.3 is 153 Å². The van der Waals surface area contributed by atoms with Gasteiger partial charge in [-0.3, -0.25) is 0 Å². The molecular weight excluding hydrogens is 1170 g/mol. The third-order valence-electron chi connectivity index (χ3n) is 10.1. The molecule has 0 amide bonds. The summed E-state index contributed by atoms with van der Waals surface area (Å²) < 4.78 is 144. The zero-order valence-corrected chi connectivity index (χ0v) is 53.0. The van der Waals surface area contributed by atoms with Crippen molar-refractivity contribution in [2.24, 2.45) is 0 Å². The van der Waals surface area contributed by atoms with Gasteiger partial charge in [0.1, 0.15) is 40.5 Å². The molecule has 0 aliphatic carbocycles. The first-order chi connectivity index (χ1) is 30.7. The van der Waals surface area contributed by atoms with Crippen LogP contribution >= 0.6 is 35.2 Å². The van der Waals surface area contributed by atoms with Crippen molar-refractivity contribution in [2.45, 2.75) is 19.6 Å². The van der Waals surface area contributed by atoms with Crippen molar-refractivity contribution >= 4 is 129 Å². The largest absolute Gasteiger partial charge is 1.00 e. The summed E-state index contributed by atoms with van der Waals surface area (Å²) in [6, 6.07) is 44.5. The van der Waals surface area contributed by atoms with Crippen molar-refractivity contribution in [3.63, 3.8) is 0 Å². The fourth-order valence-corrected chi connectivity index (χ4v) is 14.1. The third-order valence-corrected chi connectivity index (χ3v) is 18.4. The summed E-state index contributed by atoms with van der Waals surface area (Å²) in [5, 5.41) is 6.82. The smallest absolute Gasteiger partial charge is 1.00 e. The van der Waals surface area contributed by atoms with Crippen LogP contribution in [0, 0.1) is 0 Å². The quantitative estimate of drug-likeness (QED) is 0.0671. The molecule has 336 valence electrons. The summed E-state index contributed by atoms with van der Waals surface area (Å²) in [6.07, 6.45) is 0. The van der Waals surface area contributed by atoms with Crippen LogP contribution in [0.2, 0.25) is 0 Å². The molecular formula is C44H28Cl2Na4O12P2RuS4. The topological polar surface area (TPSA) is 229 Å². The number of hydrogen-bond acceptors (Lipinski definition) is 12. The monoisotopic (exact) mass is 1200 g/mol. The van der Waals surface area contributed by atoms with Crippen LogP contribution in [0.3, 0.4) is 0 Å². The fraction of sp³-hybridized carbons (Fsp3) is 0. The van der Waals surface area contributed by atoms with E-state index in [9.17, 15) is 51.9 Å². The van der Waals surface area contributed by atoms with E-state index < -0.39 is 75.9 Å². The predicted octanol–water partition coefficient (Wildman–Crippen LogP) is -5.81. The van der Waals surface area contributed by atoms with Gasteiger partial charge in [-0.2, -0.15) is 0 Å². The van der Waals surface area contributed by atoms with E-state index in [0.717, 1.165) is 21.5 Å². The Morgan fingerprint density at radius 3 is 0.768 bits per heavy atom. The van der Waals surface area contributed by atoms with Crippen LogP contribution in [0.15, 0.2) is 189 Å². The van der Waals surface area contributed by atoms with Crippen molar-refractivity contribution in [3.8, 4) is 11.1 Å². The SMILES string of the molecule is O=S(=O)([O-])c1ccc(P(c2ccc(S(=O)(=O)[O-])cc2)c2ccc3ccccc3c2-c2c(P(c3ccc(S(=O)(=O)[O-])cc3)c3ccc(S(=O)(=O)[O-])cc3)ccc3ccccc23)cc1.[Cl][Ru][Cl].[Na+].[Na+].[Na+].[Na+]. The minimum absolute atomic E-state index is 0. The Bertz CT molecular complexity index is 3170. The van der Waals surface area contributed by atoms with Crippen molar-refractivity contribution in [2.75, 3.05) is 0 Å². The molecule has 0 unspecified atom stereocenters. The van der Waals surface area contributed by atoms with E-state index in [1.165, 1.54) is 97.1 Å². The van der Waals surface area contributed by atoms with Crippen LogP contribution in [-0.4, -0.2) is 51.9 Å². The predicted molar refractivity (Wildman–Crippen MR) is 248 cm³/mol. The minimum atomic E-state index is -4.83. The molecule has 8 aromatic carbocycles. The van der Waals surface area contributed by atoms with Crippen LogP contribution < -0.4 is 150 Å². The maximum Gasteiger partial charge on any atom is 1.00 e. The minimum Gasteiger partial charge on any atom is 1.00 e. The number of fused-ring (bicyclic) bond motifs is 2. The van der Waals surface area contributed by atoms with E-state index >= 15 is 0 Å². The van der Waals surface area contributed by atoms with Crippen molar-refractivity contribution in [1.29, 1.82) is 0 Å². The molecule has 0 saturated heterocycles. The summed E-state index contributed by atoms with van der Waals surface area (Å²) in [7, 11) is -13.2. The Labute approximate surface area is 507 Å². The summed E-state index contributed by atoms with van der Waals surface area (Å²) in [5.41, 5.74) is 1.40. The maximum absolute atomic E-state index is 12.0. The summed E-state index contributed by atoms with van der Waals surface area (Å²) >= 11 is -0.346. The van der Waals surface area contributed by atoms with E-state index in [4.69, 9.17) is 19.4 Å². The number of benzene rings is 8. The molecule has 0 aliphatic rings. The normalized spacial score (nSPS) is 11.7. The van der Waals surface area contributed by atoms with Crippen molar-refractivity contribution in [3.05, 3.63) is 170 Å². The molecule has 0 atom stereocenters. The number of rotatable bonds is 11. The van der Waals surface area contributed by atoms with Crippen LogP contribution in [-0.2, 0) is 55.6 Å². The molecule has 0 heterocycles. The Kier molecular flexibility index (Phi) is 24.4. The van der Waals surface area contributed by atoms with E-state index in [0.29, 0.717) is 43.0 Å². The molecule has 8 rings (SSSR count). The fourth-order valence-electron chi connectivity index (χ4n) is 7.32. The van der Waals surface area contributed by atoms with E-state index in [-0.39, 0.29) is 133 Å². The Morgan fingerprint density at radius 2 is 0.551 bits per heavy atom. The summed E-state index contributed by atoms with van der Waals surface area (Å²) in [6.45, 7) is 0. The second-order valence-corrected chi connectivity index (χ2v) is 26.4. The summed E-state index contributed by atoms with van der Waals surface area (Å²) in [4.78, 5) is -1.85. The van der Waals surface area contributed by atoms with Gasteiger partial charge in [0.15, 0.2) is 0 Å². The molecule has 8 aromatic rings. The van der Waals surface area contributed by atoms with Gasteiger partial charge in [-0.25, -0.2) is 33.7 Å². The van der Waals surface area contributed by atoms with Gasteiger partial charge in [-0.1, -0.05) is 121 Å². The molecule has 0 aromatic heterocycles. The number of halogens is 2. The number of hydrogen-bond donors (Lipinski definition) is 0. The first kappa shape index (κ1) is 63.3. The van der Waals surface area contributed by atoms with E-state index in [1.54, 1.807) is 0 Å². The molecule has 0 aliphatic heterocycles. The molecule has 0 bridgehead atoms. The zero-order chi connectivity index (χ0) is 46.9. The molecule has 0 spiro atoms. The third kappa shape index (κ3) is 15.1. The van der Waals surface area contributed by atoms with Crippen LogP contribution in [0.5, 0.6) is 0 Å². The molecule has 0 fully saturated rings. The van der Waals surface area contributed by atoms with E-state index in [1.807, 2.05) is 72.8 Å². The Morgan fingerprint density at radius 1 is 0.333 bits per heavy atom. The van der Waals surface area contributed by atoms with Crippen molar-refractivity contribution < 1.29 is 185 Å². The first-order valence-corrected chi connectivity index (χ1v) is 31.2. The molecule has 0 saturated carbocycles. The van der Waals surface area contributed by atoms with Gasteiger partial charge in [0.25, 0.3) is 0 Å². The molecule has 69 heavy (non-hydrogen) atoms. The van der Waals surface area contributed by atoms with E-state index in [2.05, 4.69) is 0 Å². The van der Waals surface area contributed by atoms with Gasteiger partial charge in [0, 0.05) is 0 Å². The second-order valence-electron chi connectivity index (χ2n) is 13.9. The molecule has 25 heteroatoms. The molecule has 0 N–H and O–H groups in total. The van der Waals surface area contributed by atoms with Gasteiger partial charge in [-0.05, 0) is 129 Å². The Balaban J connectivity index is 0.00000176. The standard InChI is InChI=1S/C44H32O12P2S4.2ClH.4Na.Ru/c45-59(46,47)35-19-11-31(12-20-35)57(32-13-21-36(22-14-32)60(48,49)50)41-27-9-29-5-1-3-7-39(29)43(41)44-40-8-4-2-6-30(40)10-28-42(44)58(33-15-23-37(24-16-33)61(51,52)53)34-17-25-38(26-18-34)62(54,55)56;;;;;;;/h1-28H,(H,45,46,47)(H,48,49,50)(H,51,52,53)(H,54,55,56);2*1H;;;;;/q;;;4*+1;+2/p-6. The summed E-state index contributed by atoms with van der Waals surface area (Å²) in [5.74, 6) is 0. The average molecular weight is 1200 g/mol.